The zero-order valence-corrected chi connectivity index (χ0v) is 27.1. The molecule has 2 aromatic carbocycles. The van der Waals surface area contributed by atoms with Gasteiger partial charge < -0.3 is 20.9 Å². The van der Waals surface area contributed by atoms with Crippen molar-refractivity contribution in [2.45, 2.75) is 77.0 Å². The number of ether oxygens (including phenoxy) is 2. The molecule has 7 N–H and O–H groups in total. The van der Waals surface area contributed by atoms with Crippen molar-refractivity contribution in [3.63, 3.8) is 0 Å². The molecular weight excluding hydrogens is 619 g/mol. The monoisotopic (exact) mass is 664 g/mol. The molecule has 0 heterocycles. The summed E-state index contributed by atoms with van der Waals surface area (Å²) < 4.78 is 20.4. The van der Waals surface area contributed by atoms with Gasteiger partial charge in [0.1, 0.15) is 19.3 Å². The minimum absolute atomic E-state index is 0. The maximum atomic E-state index is 11.9. The Morgan fingerprint density at radius 3 is 1.61 bits per heavy atom. The number of nitrogens with one attached hydrogen (secondary N) is 3. The number of esters is 2. The van der Waals surface area contributed by atoms with Crippen LogP contribution >= 0.6 is 12.4 Å². The summed E-state index contributed by atoms with van der Waals surface area (Å²) in [5.41, 5.74) is 7.35. The summed E-state index contributed by atoms with van der Waals surface area (Å²) in [5.74, 6) is -2.49. The summed E-state index contributed by atoms with van der Waals surface area (Å²) in [5, 5.41) is 27.1. The average molecular weight is 665 g/mol. The second-order valence-electron chi connectivity index (χ2n) is 10.0. The second kappa shape index (κ2) is 25.5. The number of halogens is 1. The van der Waals surface area contributed by atoms with E-state index in [1.54, 1.807) is 0 Å². The first-order valence-electron chi connectivity index (χ1n) is 14.9. The van der Waals surface area contributed by atoms with Gasteiger partial charge in [0.05, 0.1) is 0 Å². The smallest absolute Gasteiger partial charge is 0.147 e. The van der Waals surface area contributed by atoms with E-state index in [4.69, 9.17) is 15.2 Å². The Hall–Kier alpha value is -3.69. The number of hydrogen-bond acceptors (Lipinski definition) is 11. The van der Waals surface area contributed by atoms with Crippen LogP contribution in [0.1, 0.15) is 50.7 Å². The molecule has 0 aliphatic carbocycles. The summed E-state index contributed by atoms with van der Waals surface area (Å²) in [6.07, 6.45) is -0.0363. The molecule has 4 atom stereocenters. The van der Waals surface area contributed by atoms with E-state index in [0.717, 1.165) is 24.0 Å². The molecule has 0 aromatic heterocycles. The molecule has 2 rings (SSSR count). The molecule has 13 nitrogen and oxygen atoms in total. The fourth-order valence-corrected chi connectivity index (χ4v) is 3.86. The van der Waals surface area contributed by atoms with Crippen LogP contribution in [0.3, 0.4) is 0 Å². The normalized spacial score (nSPS) is 12.7. The van der Waals surface area contributed by atoms with E-state index in [1.165, 1.54) is 0 Å². The quantitative estimate of drug-likeness (QED) is 0.0912. The SMILES string of the molecule is CCCC(N)C(O)C(=O)NCC(=O)OCc1ccccc1.CCCC(NCB=O)C(O)C(=O)NCC(=O)OCc1ccccc1.Cl. The molecule has 2 aromatic rings. The number of carbonyl (C=O) groups excluding carboxylic acids is 4. The number of aliphatic hydroxyl groups excluding tert-OH is 2. The molecule has 0 spiro atoms. The third-order valence-electron chi connectivity index (χ3n) is 6.31. The zero-order chi connectivity index (χ0) is 33.5. The van der Waals surface area contributed by atoms with Crippen molar-refractivity contribution in [2.24, 2.45) is 5.73 Å². The zero-order valence-electron chi connectivity index (χ0n) is 26.3. The van der Waals surface area contributed by atoms with E-state index in [9.17, 15) is 34.1 Å². The number of aliphatic hydroxyl groups is 2. The first-order chi connectivity index (χ1) is 21.6. The third kappa shape index (κ3) is 18.3. The molecule has 0 saturated heterocycles. The molecule has 0 aliphatic rings. The van der Waals surface area contributed by atoms with Crippen LogP contribution in [0.15, 0.2) is 60.7 Å². The van der Waals surface area contributed by atoms with Crippen molar-refractivity contribution >= 4 is 43.3 Å². The molecule has 4 unspecified atom stereocenters. The average Bonchev–Trinajstić information content (AvgIpc) is 3.06. The van der Waals surface area contributed by atoms with Gasteiger partial charge in [-0.1, -0.05) is 61.9 Å². The number of carbonyl (C=O) groups is 4. The topological polar surface area (TPSA) is 206 Å². The predicted molar refractivity (Wildman–Crippen MR) is 174 cm³/mol. The van der Waals surface area contributed by atoms with Gasteiger partial charge in [0.15, 0.2) is 0 Å². The minimum atomic E-state index is -1.34. The summed E-state index contributed by atoms with van der Waals surface area (Å²) in [6, 6.07) is 17.2. The van der Waals surface area contributed by atoms with Gasteiger partial charge >= 0.3 is 129 Å². The summed E-state index contributed by atoms with van der Waals surface area (Å²) in [6.45, 7) is 3.47. The van der Waals surface area contributed by atoms with Crippen molar-refractivity contribution in [3.05, 3.63) is 71.8 Å². The fourth-order valence-electron chi connectivity index (χ4n) is 3.86. The van der Waals surface area contributed by atoms with Gasteiger partial charge in [-0.3, -0.25) is 9.59 Å². The van der Waals surface area contributed by atoms with Crippen LogP contribution in [0.4, 0.5) is 0 Å². The minimum Gasteiger partial charge on any atom is -0.147 e. The first kappa shape index (κ1) is 42.3. The van der Waals surface area contributed by atoms with E-state index in [0.29, 0.717) is 20.0 Å². The van der Waals surface area contributed by atoms with Gasteiger partial charge in [-0.25, -0.2) is 0 Å². The number of benzene rings is 2. The van der Waals surface area contributed by atoms with Crippen molar-refractivity contribution in [1.29, 1.82) is 0 Å². The Kier molecular flexibility index (Phi) is 23.5. The van der Waals surface area contributed by atoms with E-state index < -0.39 is 48.0 Å². The van der Waals surface area contributed by atoms with Crippen molar-refractivity contribution in [2.75, 3.05) is 19.5 Å². The Bertz CT molecular complexity index is 1170. The third-order valence-corrected chi connectivity index (χ3v) is 6.31. The van der Waals surface area contributed by atoms with E-state index in [2.05, 4.69) is 16.0 Å². The summed E-state index contributed by atoms with van der Waals surface area (Å²) in [4.78, 5) is 46.6. The second-order valence-corrected chi connectivity index (χ2v) is 10.0. The predicted octanol–water partition coefficient (Wildman–Crippen LogP) is 0.729. The van der Waals surface area contributed by atoms with Gasteiger partial charge in [0.2, 0.25) is 0 Å². The Morgan fingerprint density at radius 1 is 0.761 bits per heavy atom. The number of hydrogen-bond donors (Lipinski definition) is 6. The van der Waals surface area contributed by atoms with Crippen LogP contribution < -0.4 is 21.7 Å². The van der Waals surface area contributed by atoms with Crippen LogP contribution in [0, 0.1) is 0 Å². The molecule has 0 aliphatic heterocycles. The summed E-state index contributed by atoms with van der Waals surface area (Å²) >= 11 is 0. The summed E-state index contributed by atoms with van der Waals surface area (Å²) in [7, 11) is 0.661. The van der Waals surface area contributed by atoms with Gasteiger partial charge in [0.25, 0.3) is 5.91 Å². The van der Waals surface area contributed by atoms with Gasteiger partial charge in [-0.05, 0) is 12.0 Å². The van der Waals surface area contributed by atoms with Crippen LogP contribution in [0.5, 0.6) is 0 Å². The number of amides is 2. The van der Waals surface area contributed by atoms with E-state index in [-0.39, 0.29) is 45.2 Å². The molecule has 254 valence electrons. The number of rotatable bonds is 19. The standard InChI is InChI=1S/C16H23BN2O5.C15H22N2O4.ClH/c1-2-6-13(19-11-17-23)15(21)16(22)18-9-14(20)24-10-12-7-4-3-5-8-12;1-2-6-12(16)14(19)15(20)17-9-13(18)21-10-11-7-4-3-5-8-11;/h3-5,7-8,13,15,19,21H,2,6,9-11H2,1H3,(H,18,22);3-5,7-8,12,14,19H,2,6,9-10,16H2,1H3,(H,17,20);1H. The first-order valence-corrected chi connectivity index (χ1v) is 14.9. The molecule has 15 heteroatoms. The van der Waals surface area contributed by atoms with E-state index >= 15 is 0 Å². The van der Waals surface area contributed by atoms with Crippen molar-refractivity contribution < 1.29 is 43.6 Å². The van der Waals surface area contributed by atoms with Gasteiger partial charge in [-0.2, -0.15) is 0 Å². The van der Waals surface area contributed by atoms with Gasteiger partial charge in [-0.15, -0.1) is 12.4 Å². The van der Waals surface area contributed by atoms with Crippen LogP contribution in [-0.2, 0) is 46.6 Å². The molecule has 0 radical (unpaired) electrons. The Morgan fingerprint density at radius 2 is 1.20 bits per heavy atom. The van der Waals surface area contributed by atoms with Crippen molar-refractivity contribution in [1.82, 2.24) is 16.0 Å². The Balaban J connectivity index is 0.000000869. The van der Waals surface area contributed by atoms with Gasteiger partial charge in [0, 0.05) is 6.04 Å². The van der Waals surface area contributed by atoms with Crippen LogP contribution in [0.2, 0.25) is 0 Å². The van der Waals surface area contributed by atoms with E-state index in [1.807, 2.05) is 74.5 Å². The molecule has 2 amide bonds. The molecule has 0 bridgehead atoms. The maximum absolute atomic E-state index is 11.9. The molecular formula is C31H46BClN4O9. The molecule has 0 fully saturated rings. The van der Waals surface area contributed by atoms with Crippen LogP contribution in [0.25, 0.3) is 0 Å². The van der Waals surface area contributed by atoms with Crippen molar-refractivity contribution in [3.8, 4) is 0 Å². The fraction of sp³-hybridized carbons (Fsp3) is 0.484. The Labute approximate surface area is 276 Å². The van der Waals surface area contributed by atoms with Crippen LogP contribution in [-0.4, -0.2) is 84.9 Å². The number of nitrogens with two attached hydrogens (primary N) is 1. The molecule has 0 saturated carbocycles. The molecule has 46 heavy (non-hydrogen) atoms.